The van der Waals surface area contributed by atoms with Gasteiger partial charge in [0.25, 0.3) is 0 Å². The summed E-state index contributed by atoms with van der Waals surface area (Å²) in [5.74, 6) is 1.55. The van der Waals surface area contributed by atoms with Crippen molar-refractivity contribution >= 4 is 11.8 Å². The van der Waals surface area contributed by atoms with Gasteiger partial charge in [0.05, 0.1) is 25.8 Å². The fourth-order valence-corrected chi connectivity index (χ4v) is 5.35. The molecule has 3 aromatic rings. The molecule has 0 fully saturated rings. The number of carbonyl (C=O) groups is 1. The number of aromatic nitrogens is 3. The first-order valence-electron chi connectivity index (χ1n) is 14.3. The van der Waals surface area contributed by atoms with Crippen LogP contribution in [0.25, 0.3) is 0 Å². The number of methoxy groups -OCH3 is 1. The molecule has 0 radical (unpaired) electrons. The zero-order chi connectivity index (χ0) is 28.0. The van der Waals surface area contributed by atoms with Crippen LogP contribution in [0.3, 0.4) is 0 Å². The third-order valence-electron chi connectivity index (χ3n) is 7.55. The van der Waals surface area contributed by atoms with Crippen LogP contribution >= 0.6 is 0 Å². The number of anilines is 1. The van der Waals surface area contributed by atoms with Gasteiger partial charge in [0.1, 0.15) is 11.6 Å². The lowest BCUT2D eigenvalue weighted by Gasteiger charge is -2.24. The quantitative estimate of drug-likeness (QED) is 0.308. The predicted octanol–water partition coefficient (Wildman–Crippen LogP) is 5.93. The van der Waals surface area contributed by atoms with E-state index in [-0.39, 0.29) is 23.7 Å². The zero-order valence-electron chi connectivity index (χ0n) is 24.5. The molecule has 0 aliphatic carbocycles. The minimum Gasteiger partial charge on any atom is -0.496 e. The maximum absolute atomic E-state index is 12.6. The number of esters is 1. The average molecular weight is 533 g/mol. The van der Waals surface area contributed by atoms with Crippen molar-refractivity contribution in [1.29, 1.82) is 0 Å². The topological polar surface area (TPSA) is 78.3 Å². The summed E-state index contributed by atoms with van der Waals surface area (Å²) in [5.41, 5.74) is 6.83. The predicted molar refractivity (Wildman–Crippen MR) is 156 cm³/mol. The van der Waals surface area contributed by atoms with Crippen molar-refractivity contribution < 1.29 is 14.3 Å². The Bertz CT molecular complexity index is 1270. The molecule has 0 saturated carbocycles. The number of carbonyl (C=O) groups excluding carboxylic acids is 1. The fraction of sp³-hybridized carbons (Fsp3) is 0.531. The molecular formula is C32H44N4O3. The normalized spacial score (nSPS) is 13.9. The summed E-state index contributed by atoms with van der Waals surface area (Å²) >= 11 is 0. The molecule has 0 spiro atoms. The Kier molecular flexibility index (Phi) is 9.31. The summed E-state index contributed by atoms with van der Waals surface area (Å²) < 4.78 is 13.1. The number of hydrogen-bond donors (Lipinski definition) is 1. The first-order chi connectivity index (χ1) is 18.7. The van der Waals surface area contributed by atoms with E-state index in [0.717, 1.165) is 60.7 Å². The summed E-state index contributed by atoms with van der Waals surface area (Å²) in [4.78, 5) is 17.5. The molecule has 1 aromatic carbocycles. The van der Waals surface area contributed by atoms with Crippen LogP contribution in [0.5, 0.6) is 5.75 Å². The number of ether oxygens (including phenoxy) is 2. The summed E-state index contributed by atoms with van der Waals surface area (Å²) in [7, 11) is 3.68. The molecule has 39 heavy (non-hydrogen) atoms. The van der Waals surface area contributed by atoms with Gasteiger partial charge in [-0.3, -0.25) is 9.48 Å². The smallest absolute Gasteiger partial charge is 0.306 e. The third kappa shape index (κ3) is 7.40. The Balaban J connectivity index is 1.49. The van der Waals surface area contributed by atoms with E-state index in [9.17, 15) is 4.79 Å². The van der Waals surface area contributed by atoms with Crippen LogP contribution in [0.4, 0.5) is 5.82 Å². The number of nitrogens with zero attached hydrogens (tertiary/aromatic N) is 3. The summed E-state index contributed by atoms with van der Waals surface area (Å²) in [6.07, 6.45) is 6.04. The summed E-state index contributed by atoms with van der Waals surface area (Å²) in [6, 6.07) is 12.9. The maximum Gasteiger partial charge on any atom is 0.306 e. The highest BCUT2D eigenvalue weighted by Gasteiger charge is 2.25. The van der Waals surface area contributed by atoms with Gasteiger partial charge in [0, 0.05) is 30.9 Å². The first-order valence-corrected chi connectivity index (χ1v) is 14.3. The number of rotatable bonds is 11. The number of aryl methyl sites for hydroxylation is 4. The van der Waals surface area contributed by atoms with E-state index in [0.29, 0.717) is 13.0 Å². The molecule has 0 amide bonds. The number of hydrogen-bond acceptors (Lipinski definition) is 6. The van der Waals surface area contributed by atoms with Crippen LogP contribution in [-0.2, 0) is 47.7 Å². The van der Waals surface area contributed by atoms with Crippen LogP contribution in [0, 0.1) is 0 Å². The molecule has 7 heteroatoms. The van der Waals surface area contributed by atoms with Gasteiger partial charge in [0.15, 0.2) is 0 Å². The van der Waals surface area contributed by atoms with E-state index in [4.69, 9.17) is 19.6 Å². The molecule has 7 nitrogen and oxygen atoms in total. The monoisotopic (exact) mass is 532 g/mol. The van der Waals surface area contributed by atoms with Crippen molar-refractivity contribution in [3.63, 3.8) is 0 Å². The van der Waals surface area contributed by atoms with E-state index >= 15 is 0 Å². The number of fused-ring (bicyclic) bond motifs is 1. The minimum atomic E-state index is -0.200. The lowest BCUT2D eigenvalue weighted by atomic mass is 9.82. The SMILES string of the molecule is CCOC(=O)CC(Cc1cc(CCCc2ccc3c(n2)NCCC3)n(C)n1)c1cc(C(C)(C)C)ccc1OC. The van der Waals surface area contributed by atoms with Gasteiger partial charge in [-0.25, -0.2) is 4.98 Å². The van der Waals surface area contributed by atoms with Crippen molar-refractivity contribution in [1.82, 2.24) is 14.8 Å². The molecule has 1 unspecified atom stereocenters. The molecule has 210 valence electrons. The molecule has 1 atom stereocenters. The van der Waals surface area contributed by atoms with Crippen LogP contribution in [0.15, 0.2) is 36.4 Å². The molecule has 3 heterocycles. The Morgan fingerprint density at radius 2 is 1.95 bits per heavy atom. The lowest BCUT2D eigenvalue weighted by molar-refractivity contribution is -0.143. The highest BCUT2D eigenvalue weighted by molar-refractivity contribution is 5.71. The third-order valence-corrected chi connectivity index (χ3v) is 7.55. The molecular weight excluding hydrogens is 488 g/mol. The largest absolute Gasteiger partial charge is 0.496 e. The number of pyridine rings is 1. The maximum atomic E-state index is 12.6. The van der Waals surface area contributed by atoms with Gasteiger partial charge in [0.2, 0.25) is 0 Å². The van der Waals surface area contributed by atoms with Crippen LogP contribution in [-0.4, -0.2) is 41.0 Å². The average Bonchev–Trinajstić information content (AvgIpc) is 3.26. The first kappa shape index (κ1) is 28.7. The second-order valence-electron chi connectivity index (χ2n) is 11.6. The van der Waals surface area contributed by atoms with Gasteiger partial charge < -0.3 is 14.8 Å². The van der Waals surface area contributed by atoms with Crippen LogP contribution < -0.4 is 10.1 Å². The molecule has 4 rings (SSSR count). The highest BCUT2D eigenvalue weighted by atomic mass is 16.5. The van der Waals surface area contributed by atoms with E-state index in [1.54, 1.807) is 7.11 Å². The number of nitrogens with one attached hydrogen (secondary N) is 1. The van der Waals surface area contributed by atoms with Crippen LogP contribution in [0.2, 0.25) is 0 Å². The fourth-order valence-electron chi connectivity index (χ4n) is 5.35. The van der Waals surface area contributed by atoms with E-state index in [2.05, 4.69) is 56.4 Å². The van der Waals surface area contributed by atoms with Gasteiger partial charge in [-0.15, -0.1) is 0 Å². The van der Waals surface area contributed by atoms with Gasteiger partial charge in [-0.2, -0.15) is 5.10 Å². The molecule has 0 bridgehead atoms. The van der Waals surface area contributed by atoms with Crippen LogP contribution in [0.1, 0.15) is 86.6 Å². The van der Waals surface area contributed by atoms with Crippen molar-refractivity contribution in [2.45, 2.75) is 84.0 Å². The molecule has 1 N–H and O–H groups in total. The Morgan fingerprint density at radius 3 is 2.69 bits per heavy atom. The van der Waals surface area contributed by atoms with Crippen molar-refractivity contribution in [2.75, 3.05) is 25.6 Å². The van der Waals surface area contributed by atoms with Gasteiger partial charge in [-0.1, -0.05) is 39.0 Å². The minimum absolute atomic E-state index is 0.0172. The Labute approximate surface area is 233 Å². The zero-order valence-corrected chi connectivity index (χ0v) is 24.5. The highest BCUT2D eigenvalue weighted by Crippen LogP contribution is 2.36. The van der Waals surface area contributed by atoms with Gasteiger partial charge in [-0.05, 0) is 85.8 Å². The van der Waals surface area contributed by atoms with Crippen molar-refractivity contribution in [3.8, 4) is 5.75 Å². The van der Waals surface area contributed by atoms with E-state index < -0.39 is 0 Å². The molecule has 1 aliphatic rings. The Hall–Kier alpha value is -3.35. The second-order valence-corrected chi connectivity index (χ2v) is 11.6. The second kappa shape index (κ2) is 12.7. The van der Waals surface area contributed by atoms with Gasteiger partial charge >= 0.3 is 5.97 Å². The summed E-state index contributed by atoms with van der Waals surface area (Å²) in [5, 5.41) is 8.27. The van der Waals surface area contributed by atoms with E-state index in [1.165, 1.54) is 23.2 Å². The lowest BCUT2D eigenvalue weighted by Crippen LogP contribution is -2.16. The van der Waals surface area contributed by atoms with E-state index in [1.807, 2.05) is 24.7 Å². The van der Waals surface area contributed by atoms with Crippen molar-refractivity contribution in [3.05, 3.63) is 70.2 Å². The molecule has 2 aromatic heterocycles. The Morgan fingerprint density at radius 1 is 1.13 bits per heavy atom. The summed E-state index contributed by atoms with van der Waals surface area (Å²) in [6.45, 7) is 9.80. The standard InChI is InChI=1S/C32H44N4O3/c1-7-39-30(37)19-23(28-20-24(32(2,3)4)14-16-29(28)38-6)18-26-21-27(36(5)35-26)12-8-11-25-15-13-22-10-9-17-33-31(22)34-25/h13-16,20-21,23H,7-12,17-19H2,1-6H3,(H,33,34). The van der Waals surface area contributed by atoms with Crippen molar-refractivity contribution in [2.24, 2.45) is 7.05 Å². The molecule has 1 aliphatic heterocycles. The number of benzene rings is 1. The molecule has 0 saturated heterocycles.